The van der Waals surface area contributed by atoms with Gasteiger partial charge >= 0.3 is 0 Å². The highest BCUT2D eigenvalue weighted by Gasteiger charge is 2.16. The van der Waals surface area contributed by atoms with Crippen LogP contribution < -0.4 is 0 Å². The van der Waals surface area contributed by atoms with Crippen molar-refractivity contribution in [3.8, 4) is 0 Å². The van der Waals surface area contributed by atoms with Gasteiger partial charge in [-0.1, -0.05) is 11.6 Å². The minimum Gasteiger partial charge on any atom is -0.392 e. The van der Waals surface area contributed by atoms with Gasteiger partial charge < -0.3 is 5.11 Å². The van der Waals surface area contributed by atoms with Crippen molar-refractivity contribution in [3.63, 3.8) is 0 Å². The molecule has 0 aliphatic carbocycles. The first-order valence-electron chi connectivity index (χ1n) is 3.60. The molecular formula is C8H8ClF2NO. The van der Waals surface area contributed by atoms with Crippen molar-refractivity contribution >= 4 is 11.6 Å². The second-order valence-electron chi connectivity index (χ2n) is 2.57. The summed E-state index contributed by atoms with van der Waals surface area (Å²) in [5.41, 5.74) is 0.307. The summed E-state index contributed by atoms with van der Waals surface area (Å²) < 4.78 is 24.7. The monoisotopic (exact) mass is 207 g/mol. The van der Waals surface area contributed by atoms with Crippen molar-refractivity contribution in [2.45, 2.75) is 20.0 Å². The lowest BCUT2D eigenvalue weighted by atomic mass is 10.1. The van der Waals surface area contributed by atoms with Gasteiger partial charge in [-0.2, -0.15) is 0 Å². The second kappa shape index (κ2) is 3.98. The van der Waals surface area contributed by atoms with Gasteiger partial charge in [0.1, 0.15) is 5.15 Å². The number of aromatic nitrogens is 1. The zero-order valence-electron chi connectivity index (χ0n) is 6.89. The highest BCUT2D eigenvalue weighted by molar-refractivity contribution is 6.30. The lowest BCUT2D eigenvalue weighted by Gasteiger charge is -2.09. The molecule has 1 N–H and O–H groups in total. The molecule has 1 aromatic rings. The van der Waals surface area contributed by atoms with Crippen LogP contribution in [0.4, 0.5) is 8.78 Å². The third-order valence-electron chi connectivity index (χ3n) is 1.82. The summed E-state index contributed by atoms with van der Waals surface area (Å²) in [6.45, 7) is 1.10. The summed E-state index contributed by atoms with van der Waals surface area (Å²) in [5.74, 6) is 0. The Balaban J connectivity index is 3.30. The van der Waals surface area contributed by atoms with E-state index in [0.717, 1.165) is 6.20 Å². The topological polar surface area (TPSA) is 33.1 Å². The molecule has 0 radical (unpaired) electrons. The third kappa shape index (κ3) is 1.95. The summed E-state index contributed by atoms with van der Waals surface area (Å²) >= 11 is 5.60. The van der Waals surface area contributed by atoms with Crippen LogP contribution in [0, 0.1) is 6.92 Å². The van der Waals surface area contributed by atoms with Crippen LogP contribution in [0.5, 0.6) is 0 Å². The molecule has 0 aromatic carbocycles. The maximum Gasteiger partial charge on any atom is 0.265 e. The molecule has 2 nitrogen and oxygen atoms in total. The number of pyridine rings is 1. The number of rotatable bonds is 2. The van der Waals surface area contributed by atoms with Gasteiger partial charge in [-0.05, 0) is 18.1 Å². The van der Waals surface area contributed by atoms with E-state index in [9.17, 15) is 8.78 Å². The number of alkyl halides is 2. The highest BCUT2D eigenvalue weighted by Crippen LogP contribution is 2.27. The first-order chi connectivity index (χ1) is 6.07. The number of aliphatic hydroxyl groups is 1. The average molecular weight is 208 g/mol. The van der Waals surface area contributed by atoms with Gasteiger partial charge in [0, 0.05) is 11.8 Å². The fraction of sp³-hybridized carbons (Fsp3) is 0.375. The van der Waals surface area contributed by atoms with Gasteiger partial charge in [0.2, 0.25) is 0 Å². The fourth-order valence-electron chi connectivity index (χ4n) is 1.04. The molecule has 0 aliphatic rings. The average Bonchev–Trinajstić information content (AvgIpc) is 2.09. The van der Waals surface area contributed by atoms with Crippen molar-refractivity contribution in [2.24, 2.45) is 0 Å². The van der Waals surface area contributed by atoms with Crippen LogP contribution in [0.2, 0.25) is 5.15 Å². The molecule has 1 aromatic heterocycles. The normalized spacial score (nSPS) is 10.9. The smallest absolute Gasteiger partial charge is 0.265 e. The molecule has 0 fully saturated rings. The molecule has 0 saturated heterocycles. The third-order valence-corrected chi connectivity index (χ3v) is 2.20. The lowest BCUT2D eigenvalue weighted by molar-refractivity contribution is 0.146. The van der Waals surface area contributed by atoms with Crippen LogP contribution in [-0.4, -0.2) is 10.1 Å². The summed E-state index contributed by atoms with van der Waals surface area (Å²) in [4.78, 5) is 3.58. The Morgan fingerprint density at radius 1 is 1.62 bits per heavy atom. The minimum absolute atomic E-state index is 0.147. The largest absolute Gasteiger partial charge is 0.392 e. The molecule has 0 bridgehead atoms. The number of halogens is 3. The van der Waals surface area contributed by atoms with Crippen LogP contribution in [0.1, 0.15) is 23.1 Å². The van der Waals surface area contributed by atoms with E-state index in [-0.39, 0.29) is 16.3 Å². The van der Waals surface area contributed by atoms with Gasteiger partial charge in [0.25, 0.3) is 6.43 Å². The SMILES string of the molecule is Cc1c(Cl)ncc(C(F)F)c1CO. The first kappa shape index (κ1) is 10.3. The summed E-state index contributed by atoms with van der Waals surface area (Å²) in [7, 11) is 0. The Hall–Kier alpha value is -0.740. The van der Waals surface area contributed by atoms with E-state index in [0.29, 0.717) is 5.56 Å². The van der Waals surface area contributed by atoms with Crippen molar-refractivity contribution in [1.29, 1.82) is 0 Å². The van der Waals surface area contributed by atoms with Crippen LogP contribution in [0.3, 0.4) is 0 Å². The summed E-state index contributed by atoms with van der Waals surface area (Å²) in [5, 5.41) is 9.00. The van der Waals surface area contributed by atoms with Gasteiger partial charge in [-0.25, -0.2) is 13.8 Å². The quantitative estimate of drug-likeness (QED) is 0.756. The maximum absolute atomic E-state index is 12.3. The Morgan fingerprint density at radius 3 is 2.69 bits per heavy atom. The Kier molecular flexibility index (Phi) is 3.17. The molecule has 0 saturated carbocycles. The Bertz CT molecular complexity index is 317. The maximum atomic E-state index is 12.3. The van der Waals surface area contributed by atoms with Gasteiger partial charge in [0.15, 0.2) is 0 Å². The lowest BCUT2D eigenvalue weighted by Crippen LogP contribution is -2.00. The van der Waals surface area contributed by atoms with E-state index in [1.807, 2.05) is 0 Å². The first-order valence-corrected chi connectivity index (χ1v) is 3.98. The Labute approximate surface area is 79.2 Å². The predicted molar refractivity (Wildman–Crippen MR) is 44.9 cm³/mol. The minimum atomic E-state index is -2.63. The number of hydrogen-bond donors (Lipinski definition) is 1. The molecule has 1 heterocycles. The number of hydrogen-bond acceptors (Lipinski definition) is 2. The second-order valence-corrected chi connectivity index (χ2v) is 2.92. The van der Waals surface area contributed by atoms with Crippen LogP contribution in [-0.2, 0) is 6.61 Å². The van der Waals surface area contributed by atoms with Crippen molar-refractivity contribution in [2.75, 3.05) is 0 Å². The van der Waals surface area contributed by atoms with E-state index in [2.05, 4.69) is 4.98 Å². The zero-order chi connectivity index (χ0) is 10.0. The fourth-order valence-corrected chi connectivity index (χ4v) is 1.20. The van der Waals surface area contributed by atoms with E-state index < -0.39 is 13.0 Å². The van der Waals surface area contributed by atoms with E-state index in [1.54, 1.807) is 6.92 Å². The predicted octanol–water partition coefficient (Wildman–Crippen LogP) is 2.47. The van der Waals surface area contributed by atoms with Gasteiger partial charge in [-0.15, -0.1) is 0 Å². The molecule has 0 atom stereocenters. The number of nitrogens with zero attached hydrogens (tertiary/aromatic N) is 1. The van der Waals surface area contributed by atoms with Gasteiger partial charge in [0.05, 0.1) is 6.61 Å². The van der Waals surface area contributed by atoms with Crippen molar-refractivity contribution < 1.29 is 13.9 Å². The van der Waals surface area contributed by atoms with Gasteiger partial charge in [-0.3, -0.25) is 0 Å². The van der Waals surface area contributed by atoms with E-state index in [4.69, 9.17) is 16.7 Å². The molecule has 1 rings (SSSR count). The summed E-state index contributed by atoms with van der Waals surface area (Å²) in [6.07, 6.45) is -1.64. The van der Waals surface area contributed by atoms with E-state index >= 15 is 0 Å². The molecule has 0 spiro atoms. The molecule has 0 unspecified atom stereocenters. The highest BCUT2D eigenvalue weighted by atomic mass is 35.5. The molecular weight excluding hydrogens is 200 g/mol. The molecule has 0 aliphatic heterocycles. The standard InChI is InChI=1S/C8H8ClF2NO/c1-4-6(3-13)5(8(10)11)2-12-7(4)9/h2,8,13H,3H2,1H3. The summed E-state index contributed by atoms with van der Waals surface area (Å²) in [6, 6.07) is 0. The van der Waals surface area contributed by atoms with Crippen LogP contribution >= 0.6 is 11.6 Å². The molecule has 5 heteroatoms. The Morgan fingerprint density at radius 2 is 2.23 bits per heavy atom. The zero-order valence-corrected chi connectivity index (χ0v) is 7.65. The molecule has 13 heavy (non-hydrogen) atoms. The number of aliphatic hydroxyl groups excluding tert-OH is 1. The van der Waals surface area contributed by atoms with Crippen molar-refractivity contribution in [1.82, 2.24) is 4.98 Å². The van der Waals surface area contributed by atoms with E-state index in [1.165, 1.54) is 0 Å². The van der Waals surface area contributed by atoms with Crippen LogP contribution in [0.25, 0.3) is 0 Å². The van der Waals surface area contributed by atoms with Crippen LogP contribution in [0.15, 0.2) is 6.20 Å². The van der Waals surface area contributed by atoms with Crippen molar-refractivity contribution in [3.05, 3.63) is 28.0 Å². The molecule has 0 amide bonds. The molecule has 72 valence electrons.